The van der Waals surface area contributed by atoms with E-state index in [4.69, 9.17) is 5.11 Å². The molecule has 0 heterocycles. The number of halogens is 2. The van der Waals surface area contributed by atoms with Crippen LogP contribution in [0.1, 0.15) is 20.3 Å². The lowest BCUT2D eigenvalue weighted by molar-refractivity contribution is -0.136. The highest BCUT2D eigenvalue weighted by Gasteiger charge is 2.31. The van der Waals surface area contributed by atoms with Crippen molar-refractivity contribution in [3.8, 4) is 0 Å². The van der Waals surface area contributed by atoms with Crippen LogP contribution in [0.25, 0.3) is 0 Å². The summed E-state index contributed by atoms with van der Waals surface area (Å²) < 4.78 is 25.2. The summed E-state index contributed by atoms with van der Waals surface area (Å²) in [6.07, 6.45) is -0.246. The van der Waals surface area contributed by atoms with Crippen LogP contribution in [0.2, 0.25) is 0 Å². The average Bonchev–Trinajstić information content (AvgIpc) is 2.01. The maximum absolute atomic E-state index is 12.6. The summed E-state index contributed by atoms with van der Waals surface area (Å²) in [4.78, 5) is 21.0. The van der Waals surface area contributed by atoms with Gasteiger partial charge in [0.1, 0.15) is 0 Å². The summed E-state index contributed by atoms with van der Waals surface area (Å²) in [5.74, 6) is -4.08. The van der Waals surface area contributed by atoms with Gasteiger partial charge in [-0.3, -0.25) is 4.79 Å². The van der Waals surface area contributed by atoms with E-state index in [9.17, 15) is 18.4 Å². The van der Waals surface area contributed by atoms with E-state index in [1.807, 2.05) is 5.32 Å². The van der Waals surface area contributed by atoms with Crippen LogP contribution in [0.3, 0.4) is 0 Å². The van der Waals surface area contributed by atoms with Crippen LogP contribution in [0.4, 0.5) is 13.6 Å². The molecule has 0 aliphatic heterocycles. The first kappa shape index (κ1) is 13.6. The lowest BCUT2D eigenvalue weighted by Gasteiger charge is -2.20. The topological polar surface area (TPSA) is 78.4 Å². The number of carbonyl (C=O) groups is 2. The van der Waals surface area contributed by atoms with Crippen LogP contribution >= 0.6 is 0 Å². The monoisotopic (exact) mass is 224 g/mol. The van der Waals surface area contributed by atoms with E-state index in [0.29, 0.717) is 6.92 Å². The molecule has 0 aromatic carbocycles. The second-order valence-electron chi connectivity index (χ2n) is 3.22. The Kier molecular flexibility index (Phi) is 4.96. The molecule has 7 heteroatoms. The van der Waals surface area contributed by atoms with Gasteiger partial charge >= 0.3 is 12.0 Å². The molecule has 1 unspecified atom stereocenters. The maximum Gasteiger partial charge on any atom is 0.315 e. The van der Waals surface area contributed by atoms with Gasteiger partial charge in [-0.15, -0.1) is 0 Å². The molecule has 0 spiro atoms. The number of rotatable bonds is 5. The molecule has 88 valence electrons. The Balaban J connectivity index is 3.79. The molecule has 0 fully saturated rings. The molecule has 0 saturated heterocycles. The first-order valence-corrected chi connectivity index (χ1v) is 4.37. The lowest BCUT2D eigenvalue weighted by atomic mass is 10.2. The molecular weight excluding hydrogens is 210 g/mol. The number of alkyl halides is 2. The average molecular weight is 224 g/mol. The zero-order valence-corrected chi connectivity index (χ0v) is 8.51. The Labute approximate surface area is 85.8 Å². The molecule has 0 aromatic heterocycles. The van der Waals surface area contributed by atoms with Gasteiger partial charge in [0.25, 0.3) is 5.92 Å². The minimum atomic E-state index is -3.01. The number of carboxylic acid groups (broad SMARTS) is 1. The van der Waals surface area contributed by atoms with Crippen molar-refractivity contribution in [3.05, 3.63) is 0 Å². The Morgan fingerprint density at radius 2 is 2.00 bits per heavy atom. The summed E-state index contributed by atoms with van der Waals surface area (Å²) in [6.45, 7) is 1.76. The summed E-state index contributed by atoms with van der Waals surface area (Å²) in [5, 5.41) is 12.4. The number of carboxylic acids is 1. The summed E-state index contributed by atoms with van der Waals surface area (Å²) in [7, 11) is 0. The molecule has 1 atom stereocenters. The SMILES string of the molecule is CC(NC(=O)NCCC(=O)O)C(C)(F)F. The zero-order chi connectivity index (χ0) is 12.1. The smallest absolute Gasteiger partial charge is 0.315 e. The van der Waals surface area contributed by atoms with Crippen LogP contribution in [-0.4, -0.2) is 35.6 Å². The van der Waals surface area contributed by atoms with E-state index in [0.717, 1.165) is 6.92 Å². The first-order chi connectivity index (χ1) is 6.73. The molecule has 5 nitrogen and oxygen atoms in total. The number of hydrogen-bond acceptors (Lipinski definition) is 2. The van der Waals surface area contributed by atoms with Crippen LogP contribution < -0.4 is 10.6 Å². The molecule has 15 heavy (non-hydrogen) atoms. The predicted molar refractivity (Wildman–Crippen MR) is 48.9 cm³/mol. The standard InChI is InChI=1S/C8H14F2N2O3/c1-5(8(2,9)10)12-7(15)11-4-3-6(13)14/h5H,3-4H2,1-2H3,(H,13,14)(H2,11,12,15). The van der Waals surface area contributed by atoms with Gasteiger partial charge in [-0.05, 0) is 6.92 Å². The van der Waals surface area contributed by atoms with Crippen molar-refractivity contribution in [1.82, 2.24) is 10.6 Å². The zero-order valence-electron chi connectivity index (χ0n) is 8.51. The minimum Gasteiger partial charge on any atom is -0.481 e. The number of urea groups is 1. The highest BCUT2D eigenvalue weighted by Crippen LogP contribution is 2.16. The fourth-order valence-corrected chi connectivity index (χ4v) is 0.657. The molecule has 0 radical (unpaired) electrons. The summed E-state index contributed by atoms with van der Waals surface area (Å²) in [5.41, 5.74) is 0. The number of aliphatic carboxylic acids is 1. The number of nitrogens with one attached hydrogen (secondary N) is 2. The van der Waals surface area contributed by atoms with Gasteiger partial charge in [0, 0.05) is 13.5 Å². The van der Waals surface area contributed by atoms with Crippen molar-refractivity contribution in [1.29, 1.82) is 0 Å². The van der Waals surface area contributed by atoms with Crippen molar-refractivity contribution in [2.75, 3.05) is 6.54 Å². The van der Waals surface area contributed by atoms with Gasteiger partial charge in [0.05, 0.1) is 12.5 Å². The molecule has 0 aromatic rings. The van der Waals surface area contributed by atoms with E-state index in [1.165, 1.54) is 0 Å². The van der Waals surface area contributed by atoms with Gasteiger partial charge < -0.3 is 15.7 Å². The Bertz CT molecular complexity index is 241. The number of hydrogen-bond donors (Lipinski definition) is 3. The predicted octanol–water partition coefficient (Wildman–Crippen LogP) is 0.804. The third-order valence-corrected chi connectivity index (χ3v) is 1.73. The first-order valence-electron chi connectivity index (χ1n) is 4.37. The van der Waals surface area contributed by atoms with E-state index in [-0.39, 0.29) is 13.0 Å². The van der Waals surface area contributed by atoms with E-state index in [1.54, 1.807) is 0 Å². The third kappa shape index (κ3) is 6.64. The molecular formula is C8H14F2N2O3. The summed E-state index contributed by atoms with van der Waals surface area (Å²) >= 11 is 0. The summed E-state index contributed by atoms with van der Waals surface area (Å²) in [6, 6.07) is -2.10. The third-order valence-electron chi connectivity index (χ3n) is 1.73. The van der Waals surface area contributed by atoms with Gasteiger partial charge in [0.15, 0.2) is 0 Å². The molecule has 3 N–H and O–H groups in total. The van der Waals surface area contributed by atoms with Crippen LogP contribution in [0.15, 0.2) is 0 Å². The van der Waals surface area contributed by atoms with E-state index in [2.05, 4.69) is 5.32 Å². The molecule has 0 aliphatic rings. The Morgan fingerprint density at radius 3 is 2.40 bits per heavy atom. The second-order valence-corrected chi connectivity index (χ2v) is 3.22. The van der Waals surface area contributed by atoms with Crippen LogP contribution in [0.5, 0.6) is 0 Å². The fraction of sp³-hybridized carbons (Fsp3) is 0.750. The Hall–Kier alpha value is -1.40. The number of carbonyl (C=O) groups excluding carboxylic acids is 1. The van der Waals surface area contributed by atoms with Gasteiger partial charge in [0.2, 0.25) is 0 Å². The highest BCUT2D eigenvalue weighted by atomic mass is 19.3. The normalized spacial score (nSPS) is 13.1. The van der Waals surface area contributed by atoms with Crippen molar-refractivity contribution in [2.24, 2.45) is 0 Å². The lowest BCUT2D eigenvalue weighted by Crippen LogP contribution is -2.48. The van der Waals surface area contributed by atoms with Crippen LogP contribution in [0, 0.1) is 0 Å². The second kappa shape index (κ2) is 5.47. The Morgan fingerprint density at radius 1 is 1.47 bits per heavy atom. The molecule has 2 amide bonds. The van der Waals surface area contributed by atoms with E-state index < -0.39 is 24.0 Å². The molecule has 0 saturated carbocycles. The van der Waals surface area contributed by atoms with E-state index >= 15 is 0 Å². The molecule has 0 aliphatic carbocycles. The quantitative estimate of drug-likeness (QED) is 0.646. The largest absolute Gasteiger partial charge is 0.481 e. The van der Waals surface area contributed by atoms with Crippen molar-refractivity contribution >= 4 is 12.0 Å². The van der Waals surface area contributed by atoms with Gasteiger partial charge in [-0.1, -0.05) is 0 Å². The fourth-order valence-electron chi connectivity index (χ4n) is 0.657. The minimum absolute atomic E-state index is 0.0941. The highest BCUT2D eigenvalue weighted by molar-refractivity contribution is 5.75. The van der Waals surface area contributed by atoms with Crippen LogP contribution in [-0.2, 0) is 4.79 Å². The van der Waals surface area contributed by atoms with Gasteiger partial charge in [-0.25, -0.2) is 13.6 Å². The molecule has 0 rings (SSSR count). The van der Waals surface area contributed by atoms with Crippen molar-refractivity contribution in [2.45, 2.75) is 32.2 Å². The maximum atomic E-state index is 12.6. The van der Waals surface area contributed by atoms with Gasteiger partial charge in [-0.2, -0.15) is 0 Å². The van der Waals surface area contributed by atoms with Crippen molar-refractivity contribution < 1.29 is 23.5 Å². The molecule has 0 bridgehead atoms. The van der Waals surface area contributed by atoms with Crippen molar-refractivity contribution in [3.63, 3.8) is 0 Å². The number of amides is 2.